The van der Waals surface area contributed by atoms with Crippen LogP contribution >= 0.6 is 15.9 Å². The summed E-state index contributed by atoms with van der Waals surface area (Å²) in [6.45, 7) is 2.40. The second-order valence-corrected chi connectivity index (χ2v) is 5.22. The van der Waals surface area contributed by atoms with Crippen LogP contribution in [0.3, 0.4) is 0 Å². The van der Waals surface area contributed by atoms with Crippen molar-refractivity contribution in [3.05, 3.63) is 22.3 Å². The fraction of sp³-hybridized carbons (Fsp3) is 0.500. The average Bonchev–Trinajstić information content (AvgIpc) is 2.82. The third kappa shape index (κ3) is 3.07. The number of aryl methyl sites for hydroxylation is 1. The van der Waals surface area contributed by atoms with Crippen LogP contribution in [0.5, 0.6) is 0 Å². The lowest BCUT2D eigenvalue weighted by atomic mass is 10.2. The third-order valence-corrected chi connectivity index (χ3v) is 3.79. The van der Waals surface area contributed by atoms with Gasteiger partial charge in [-0.3, -0.25) is 4.79 Å². The van der Waals surface area contributed by atoms with Gasteiger partial charge in [-0.1, -0.05) is 0 Å². The highest BCUT2D eigenvalue weighted by molar-refractivity contribution is 9.10. The summed E-state index contributed by atoms with van der Waals surface area (Å²) in [5.41, 5.74) is 6.53. The Morgan fingerprint density at radius 2 is 2.44 bits per heavy atom. The molecule has 98 valence electrons. The van der Waals surface area contributed by atoms with Crippen LogP contribution in [0.1, 0.15) is 18.4 Å². The molecule has 2 rings (SSSR count). The van der Waals surface area contributed by atoms with Gasteiger partial charge in [0.2, 0.25) is 0 Å². The maximum absolute atomic E-state index is 11.9. The molecule has 3 N–H and O–H groups in total. The van der Waals surface area contributed by atoms with E-state index in [-0.39, 0.29) is 12.0 Å². The van der Waals surface area contributed by atoms with Crippen molar-refractivity contribution in [2.75, 3.05) is 11.9 Å². The summed E-state index contributed by atoms with van der Waals surface area (Å²) < 4.78 is 6.44. The number of hydrogen-bond donors (Lipinski definition) is 2. The first-order valence-electron chi connectivity index (χ1n) is 5.88. The smallest absolute Gasteiger partial charge is 0.254 e. The number of hydrogen-bond acceptors (Lipinski definition) is 4. The number of pyridine rings is 1. The zero-order valence-corrected chi connectivity index (χ0v) is 11.7. The Balaban J connectivity index is 1.97. The topological polar surface area (TPSA) is 77.2 Å². The van der Waals surface area contributed by atoms with Gasteiger partial charge in [0.15, 0.2) is 0 Å². The SMILES string of the molecule is Cc1cc(NC(=O)C2CCC(CN)O2)ncc1Br. The van der Waals surface area contributed by atoms with E-state index in [1.54, 1.807) is 6.20 Å². The van der Waals surface area contributed by atoms with E-state index in [9.17, 15) is 4.79 Å². The van der Waals surface area contributed by atoms with E-state index in [0.29, 0.717) is 18.8 Å². The molecule has 0 saturated carbocycles. The van der Waals surface area contributed by atoms with E-state index in [1.807, 2.05) is 13.0 Å². The molecule has 1 aromatic rings. The van der Waals surface area contributed by atoms with E-state index in [2.05, 4.69) is 26.2 Å². The van der Waals surface area contributed by atoms with Gasteiger partial charge in [0.1, 0.15) is 11.9 Å². The van der Waals surface area contributed by atoms with Crippen molar-refractivity contribution >= 4 is 27.7 Å². The van der Waals surface area contributed by atoms with Crippen LogP contribution in [-0.4, -0.2) is 29.6 Å². The Labute approximate surface area is 114 Å². The van der Waals surface area contributed by atoms with Crippen molar-refractivity contribution in [2.24, 2.45) is 5.73 Å². The minimum atomic E-state index is -0.413. The summed E-state index contributed by atoms with van der Waals surface area (Å²) in [6.07, 6.45) is 2.80. The molecule has 1 fully saturated rings. The van der Waals surface area contributed by atoms with Crippen molar-refractivity contribution in [2.45, 2.75) is 32.0 Å². The molecular weight excluding hydrogens is 298 g/mol. The second-order valence-electron chi connectivity index (χ2n) is 4.37. The molecule has 0 bridgehead atoms. The predicted octanol–water partition coefficient (Wildman–Crippen LogP) is 1.60. The molecule has 1 aliphatic rings. The van der Waals surface area contributed by atoms with Crippen molar-refractivity contribution in [3.8, 4) is 0 Å². The summed E-state index contributed by atoms with van der Waals surface area (Å²) in [4.78, 5) is 16.1. The quantitative estimate of drug-likeness (QED) is 0.888. The molecule has 0 aliphatic carbocycles. The zero-order valence-electron chi connectivity index (χ0n) is 10.1. The van der Waals surface area contributed by atoms with E-state index in [1.165, 1.54) is 0 Å². The Morgan fingerprint density at radius 3 is 3.06 bits per heavy atom. The summed E-state index contributed by atoms with van der Waals surface area (Å²) in [5.74, 6) is 0.390. The number of carbonyl (C=O) groups excluding carboxylic acids is 1. The standard InChI is InChI=1S/C12H16BrN3O2/c1-7-4-11(15-6-9(7)13)16-12(17)10-3-2-8(5-14)18-10/h4,6,8,10H,2-3,5,14H2,1H3,(H,15,16,17). The van der Waals surface area contributed by atoms with E-state index in [0.717, 1.165) is 16.5 Å². The molecule has 2 atom stereocenters. The van der Waals surface area contributed by atoms with Gasteiger partial charge in [-0.05, 0) is 47.3 Å². The number of anilines is 1. The summed E-state index contributed by atoms with van der Waals surface area (Å²) in [6, 6.07) is 1.82. The number of halogens is 1. The predicted molar refractivity (Wildman–Crippen MR) is 72.3 cm³/mol. The van der Waals surface area contributed by atoms with Gasteiger partial charge in [-0.25, -0.2) is 4.98 Å². The van der Waals surface area contributed by atoms with Crippen LogP contribution in [0.2, 0.25) is 0 Å². The summed E-state index contributed by atoms with van der Waals surface area (Å²) in [5, 5.41) is 2.76. The molecule has 2 unspecified atom stereocenters. The minimum absolute atomic E-state index is 0.000336. The number of aromatic nitrogens is 1. The van der Waals surface area contributed by atoms with Crippen molar-refractivity contribution in [1.82, 2.24) is 4.98 Å². The highest BCUT2D eigenvalue weighted by Crippen LogP contribution is 2.21. The molecule has 1 amide bonds. The third-order valence-electron chi connectivity index (χ3n) is 2.96. The Kier molecular flexibility index (Phi) is 4.31. The molecule has 2 heterocycles. The lowest BCUT2D eigenvalue weighted by Gasteiger charge is -2.12. The van der Waals surface area contributed by atoms with Gasteiger partial charge in [0, 0.05) is 17.2 Å². The van der Waals surface area contributed by atoms with Crippen LogP contribution in [0.25, 0.3) is 0 Å². The number of nitrogens with zero attached hydrogens (tertiary/aromatic N) is 1. The molecule has 6 heteroatoms. The molecule has 1 aromatic heterocycles. The Morgan fingerprint density at radius 1 is 1.67 bits per heavy atom. The van der Waals surface area contributed by atoms with E-state index < -0.39 is 6.10 Å². The van der Waals surface area contributed by atoms with Crippen molar-refractivity contribution < 1.29 is 9.53 Å². The summed E-state index contributed by atoms with van der Waals surface area (Å²) in [7, 11) is 0. The molecule has 0 radical (unpaired) electrons. The largest absolute Gasteiger partial charge is 0.364 e. The highest BCUT2D eigenvalue weighted by atomic mass is 79.9. The number of amides is 1. The van der Waals surface area contributed by atoms with Gasteiger partial charge in [0.25, 0.3) is 5.91 Å². The maximum atomic E-state index is 11.9. The van der Waals surface area contributed by atoms with Crippen LogP contribution < -0.4 is 11.1 Å². The summed E-state index contributed by atoms with van der Waals surface area (Å²) >= 11 is 3.37. The zero-order chi connectivity index (χ0) is 13.1. The number of nitrogens with one attached hydrogen (secondary N) is 1. The first-order chi connectivity index (χ1) is 8.60. The Bertz CT molecular complexity index is 453. The molecule has 0 aromatic carbocycles. The molecule has 18 heavy (non-hydrogen) atoms. The molecule has 1 aliphatic heterocycles. The second kappa shape index (κ2) is 5.77. The van der Waals surface area contributed by atoms with Gasteiger partial charge >= 0.3 is 0 Å². The average molecular weight is 314 g/mol. The van der Waals surface area contributed by atoms with Crippen molar-refractivity contribution in [1.29, 1.82) is 0 Å². The van der Waals surface area contributed by atoms with Gasteiger partial charge in [-0.15, -0.1) is 0 Å². The molecule has 0 spiro atoms. The normalized spacial score (nSPS) is 23.1. The maximum Gasteiger partial charge on any atom is 0.254 e. The lowest BCUT2D eigenvalue weighted by molar-refractivity contribution is -0.126. The van der Waals surface area contributed by atoms with Crippen LogP contribution in [-0.2, 0) is 9.53 Å². The minimum Gasteiger partial charge on any atom is -0.364 e. The molecule has 5 nitrogen and oxygen atoms in total. The number of ether oxygens (including phenoxy) is 1. The monoisotopic (exact) mass is 313 g/mol. The van der Waals surface area contributed by atoms with Gasteiger partial charge in [-0.2, -0.15) is 0 Å². The van der Waals surface area contributed by atoms with E-state index >= 15 is 0 Å². The number of nitrogens with two attached hydrogens (primary N) is 1. The lowest BCUT2D eigenvalue weighted by Crippen LogP contribution is -2.30. The number of carbonyl (C=O) groups is 1. The first-order valence-corrected chi connectivity index (χ1v) is 6.68. The van der Waals surface area contributed by atoms with Crippen LogP contribution in [0, 0.1) is 6.92 Å². The van der Waals surface area contributed by atoms with Crippen LogP contribution in [0.15, 0.2) is 16.7 Å². The van der Waals surface area contributed by atoms with E-state index in [4.69, 9.17) is 10.5 Å². The highest BCUT2D eigenvalue weighted by Gasteiger charge is 2.29. The first kappa shape index (κ1) is 13.5. The Hall–Kier alpha value is -0.980. The molecular formula is C12H16BrN3O2. The fourth-order valence-corrected chi connectivity index (χ4v) is 2.10. The number of rotatable bonds is 3. The van der Waals surface area contributed by atoms with Crippen LogP contribution in [0.4, 0.5) is 5.82 Å². The fourth-order valence-electron chi connectivity index (χ4n) is 1.89. The molecule has 1 saturated heterocycles. The van der Waals surface area contributed by atoms with Crippen molar-refractivity contribution in [3.63, 3.8) is 0 Å². The van der Waals surface area contributed by atoms with Gasteiger partial charge in [0.05, 0.1) is 6.10 Å². The van der Waals surface area contributed by atoms with Gasteiger partial charge < -0.3 is 15.8 Å².